The predicted octanol–water partition coefficient (Wildman–Crippen LogP) is 0.675. The molecule has 0 amide bonds. The number of sulfonamides is 1. The van der Waals surface area contributed by atoms with Crippen LogP contribution in [0.25, 0.3) is 0 Å². The Morgan fingerprint density at radius 1 is 1.28 bits per heavy atom. The lowest BCUT2D eigenvalue weighted by Crippen LogP contribution is -2.41. The highest BCUT2D eigenvalue weighted by Gasteiger charge is 2.29. The van der Waals surface area contributed by atoms with Gasteiger partial charge in [-0.15, -0.1) is 0 Å². The van der Waals surface area contributed by atoms with Gasteiger partial charge < -0.3 is 5.73 Å². The Morgan fingerprint density at radius 3 is 2.44 bits per heavy atom. The minimum atomic E-state index is -3.62. The summed E-state index contributed by atoms with van der Waals surface area (Å²) in [7, 11) is -4.54. The van der Waals surface area contributed by atoms with E-state index < -0.39 is 20.8 Å². The molecule has 0 atom stereocenters. The van der Waals surface area contributed by atoms with Crippen molar-refractivity contribution in [3.05, 3.63) is 23.2 Å². The average molecular weight is 309 g/mol. The second-order valence-electron chi connectivity index (χ2n) is 3.93. The van der Waals surface area contributed by atoms with Crippen LogP contribution in [0.4, 0.5) is 5.69 Å². The summed E-state index contributed by atoms with van der Waals surface area (Å²) in [6, 6.07) is 4.31. The van der Waals surface area contributed by atoms with E-state index in [2.05, 4.69) is 0 Å². The number of nitrogens with zero attached hydrogens (tertiary/aromatic N) is 1. The largest absolute Gasteiger partial charge is 0.398 e. The number of anilines is 1. The van der Waals surface area contributed by atoms with Crippen molar-refractivity contribution in [2.75, 3.05) is 30.3 Å². The van der Waals surface area contributed by atoms with Crippen LogP contribution in [0.2, 0.25) is 5.02 Å². The van der Waals surface area contributed by atoms with Gasteiger partial charge in [0, 0.05) is 40.4 Å². The van der Waals surface area contributed by atoms with E-state index in [0.717, 1.165) is 0 Å². The highest BCUT2D eigenvalue weighted by Crippen LogP contribution is 2.26. The standard InChI is InChI=1S/C10H13ClN2O3S2/c11-8-1-2-10(9(12)7-8)18(15,16)13-3-5-17(14)6-4-13/h1-2,7H,3-6,12H2. The average Bonchev–Trinajstić information content (AvgIpc) is 2.29. The molecule has 1 aliphatic rings. The zero-order valence-electron chi connectivity index (χ0n) is 9.50. The summed E-state index contributed by atoms with van der Waals surface area (Å²) in [5.41, 5.74) is 5.82. The third-order valence-corrected chi connectivity index (χ3v) is 6.21. The van der Waals surface area contributed by atoms with Crippen molar-refractivity contribution in [3.8, 4) is 0 Å². The lowest BCUT2D eigenvalue weighted by molar-refractivity contribution is 0.439. The van der Waals surface area contributed by atoms with E-state index in [1.54, 1.807) is 0 Å². The van der Waals surface area contributed by atoms with E-state index in [9.17, 15) is 12.6 Å². The van der Waals surface area contributed by atoms with Crippen molar-refractivity contribution in [3.63, 3.8) is 0 Å². The fourth-order valence-electron chi connectivity index (χ4n) is 1.75. The summed E-state index contributed by atoms with van der Waals surface area (Å²) in [4.78, 5) is 0.0552. The first-order chi connectivity index (χ1) is 8.41. The Morgan fingerprint density at radius 2 is 1.89 bits per heavy atom. The summed E-state index contributed by atoms with van der Waals surface area (Å²) >= 11 is 5.74. The van der Waals surface area contributed by atoms with E-state index in [4.69, 9.17) is 17.3 Å². The Hall–Kier alpha value is -0.630. The number of hydrogen-bond donors (Lipinski definition) is 1. The molecular weight excluding hydrogens is 296 g/mol. The molecule has 0 aliphatic carbocycles. The zero-order valence-corrected chi connectivity index (χ0v) is 11.9. The van der Waals surface area contributed by atoms with E-state index in [-0.39, 0.29) is 23.7 Å². The monoisotopic (exact) mass is 308 g/mol. The minimum Gasteiger partial charge on any atom is -0.398 e. The molecule has 1 aromatic rings. The molecule has 1 aliphatic heterocycles. The fraction of sp³-hybridized carbons (Fsp3) is 0.400. The molecule has 0 saturated carbocycles. The van der Waals surface area contributed by atoms with Gasteiger partial charge in [-0.3, -0.25) is 4.21 Å². The maximum atomic E-state index is 12.3. The highest BCUT2D eigenvalue weighted by molar-refractivity contribution is 7.89. The first-order valence-corrected chi connectivity index (χ1v) is 8.62. The maximum absolute atomic E-state index is 12.3. The quantitative estimate of drug-likeness (QED) is 0.815. The molecule has 1 saturated heterocycles. The van der Waals surface area contributed by atoms with Crippen molar-refractivity contribution in [2.24, 2.45) is 0 Å². The molecule has 18 heavy (non-hydrogen) atoms. The second kappa shape index (κ2) is 5.16. The van der Waals surface area contributed by atoms with Crippen LogP contribution in [0.5, 0.6) is 0 Å². The number of nitrogen functional groups attached to an aromatic ring is 1. The Balaban J connectivity index is 2.33. The van der Waals surface area contributed by atoms with Gasteiger partial charge in [0.25, 0.3) is 0 Å². The van der Waals surface area contributed by atoms with Crippen LogP contribution in [0, 0.1) is 0 Å². The highest BCUT2D eigenvalue weighted by atomic mass is 35.5. The summed E-state index contributed by atoms with van der Waals surface area (Å²) in [6.45, 7) is 0.522. The van der Waals surface area contributed by atoms with Crippen molar-refractivity contribution < 1.29 is 12.6 Å². The van der Waals surface area contributed by atoms with Gasteiger partial charge in [-0.1, -0.05) is 11.6 Å². The van der Waals surface area contributed by atoms with Crippen molar-refractivity contribution in [1.29, 1.82) is 0 Å². The van der Waals surface area contributed by atoms with Crippen molar-refractivity contribution >= 4 is 38.1 Å². The minimum absolute atomic E-state index is 0.0552. The first kappa shape index (κ1) is 13.8. The van der Waals surface area contributed by atoms with Crippen molar-refractivity contribution in [2.45, 2.75) is 4.90 Å². The fourth-order valence-corrected chi connectivity index (χ4v) is 4.76. The summed E-state index contributed by atoms with van der Waals surface area (Å²) < 4.78 is 37.2. The number of benzene rings is 1. The van der Waals surface area contributed by atoms with Gasteiger partial charge in [-0.25, -0.2) is 8.42 Å². The summed E-state index contributed by atoms with van der Waals surface area (Å²) in [5.74, 6) is 0.736. The van der Waals surface area contributed by atoms with Crippen LogP contribution < -0.4 is 5.73 Å². The smallest absolute Gasteiger partial charge is 0.245 e. The SMILES string of the molecule is Nc1cc(Cl)ccc1S(=O)(=O)N1CCS(=O)CC1. The second-order valence-corrected chi connectivity index (χ2v) is 7.97. The molecule has 2 N–H and O–H groups in total. The predicted molar refractivity (Wildman–Crippen MR) is 72.5 cm³/mol. The first-order valence-electron chi connectivity index (χ1n) is 5.31. The van der Waals surface area contributed by atoms with E-state index in [0.29, 0.717) is 16.5 Å². The van der Waals surface area contributed by atoms with Crippen LogP contribution in [0.3, 0.4) is 0 Å². The summed E-state index contributed by atoms with van der Waals surface area (Å²) in [5, 5.41) is 0.395. The van der Waals surface area contributed by atoms with Gasteiger partial charge in [0.05, 0.1) is 5.69 Å². The number of hydrogen-bond acceptors (Lipinski definition) is 4. The van der Waals surface area contributed by atoms with Gasteiger partial charge in [0.15, 0.2) is 0 Å². The molecule has 8 heteroatoms. The molecule has 0 unspecified atom stereocenters. The van der Waals surface area contributed by atoms with E-state index >= 15 is 0 Å². The number of halogens is 1. The zero-order chi connectivity index (χ0) is 13.3. The Labute approximate surface area is 113 Å². The number of rotatable bonds is 2. The van der Waals surface area contributed by atoms with Crippen molar-refractivity contribution in [1.82, 2.24) is 4.31 Å². The Bertz CT molecular complexity index is 579. The van der Waals surface area contributed by atoms with Crippen LogP contribution in [0.1, 0.15) is 0 Å². The topological polar surface area (TPSA) is 80.5 Å². The van der Waals surface area contributed by atoms with Crippen LogP contribution in [0.15, 0.2) is 23.1 Å². The van der Waals surface area contributed by atoms with Crippen LogP contribution in [-0.2, 0) is 20.8 Å². The molecule has 2 rings (SSSR count). The molecular formula is C10H13ClN2O3S2. The lowest BCUT2D eigenvalue weighted by atomic mass is 10.3. The molecule has 5 nitrogen and oxygen atoms in total. The van der Waals surface area contributed by atoms with Gasteiger partial charge in [-0.05, 0) is 18.2 Å². The van der Waals surface area contributed by atoms with E-state index in [1.807, 2.05) is 0 Å². The lowest BCUT2D eigenvalue weighted by Gasteiger charge is -2.26. The van der Waals surface area contributed by atoms with Gasteiger partial charge in [0.2, 0.25) is 10.0 Å². The third-order valence-electron chi connectivity index (χ3n) is 2.73. The molecule has 1 aromatic carbocycles. The Kier molecular flexibility index (Phi) is 3.96. The molecule has 0 bridgehead atoms. The normalized spacial score (nSPS) is 18.9. The van der Waals surface area contributed by atoms with E-state index in [1.165, 1.54) is 22.5 Å². The van der Waals surface area contributed by atoms with Gasteiger partial charge in [0.1, 0.15) is 4.90 Å². The van der Waals surface area contributed by atoms with Crippen LogP contribution >= 0.6 is 11.6 Å². The van der Waals surface area contributed by atoms with Gasteiger partial charge >= 0.3 is 0 Å². The maximum Gasteiger partial charge on any atom is 0.245 e. The number of nitrogens with two attached hydrogens (primary N) is 1. The molecule has 1 fully saturated rings. The molecule has 0 spiro atoms. The van der Waals surface area contributed by atoms with Crippen LogP contribution in [-0.4, -0.2) is 41.5 Å². The molecule has 100 valence electrons. The molecule has 0 aromatic heterocycles. The molecule has 1 heterocycles. The summed E-state index contributed by atoms with van der Waals surface area (Å²) in [6.07, 6.45) is 0. The van der Waals surface area contributed by atoms with Gasteiger partial charge in [-0.2, -0.15) is 4.31 Å². The molecule has 0 radical (unpaired) electrons. The third kappa shape index (κ3) is 2.69.